The topological polar surface area (TPSA) is 75.9 Å². The molecule has 2 atom stereocenters. The van der Waals surface area contributed by atoms with Crippen molar-refractivity contribution in [3.63, 3.8) is 0 Å². The summed E-state index contributed by atoms with van der Waals surface area (Å²) in [7, 11) is 0. The third-order valence-electron chi connectivity index (χ3n) is 4.91. The van der Waals surface area contributed by atoms with Crippen molar-refractivity contribution in [1.82, 2.24) is 15.0 Å². The number of hydrogen-bond acceptors (Lipinski definition) is 5. The molecule has 0 radical (unpaired) electrons. The van der Waals surface area contributed by atoms with Crippen LogP contribution >= 0.6 is 0 Å². The van der Waals surface area contributed by atoms with Crippen LogP contribution in [0.15, 0.2) is 53.2 Å². The van der Waals surface area contributed by atoms with Crippen LogP contribution in [0.4, 0.5) is 0 Å². The molecule has 2 aromatic rings. The highest BCUT2D eigenvalue weighted by Gasteiger charge is 2.37. The van der Waals surface area contributed by atoms with Gasteiger partial charge < -0.3 is 19.1 Å². The Morgan fingerprint density at radius 2 is 1.93 bits per heavy atom. The smallest absolute Gasteiger partial charge is 0.292 e. The number of aromatic nitrogens is 1. The molecule has 1 aromatic carbocycles. The number of benzene rings is 1. The second-order valence-corrected chi connectivity index (χ2v) is 6.88. The van der Waals surface area contributed by atoms with E-state index >= 15 is 0 Å². The Labute approximate surface area is 157 Å². The predicted molar refractivity (Wildman–Crippen MR) is 97.7 cm³/mol. The minimum atomic E-state index is -0.196. The van der Waals surface area contributed by atoms with Gasteiger partial charge in [0.2, 0.25) is 11.7 Å². The lowest BCUT2D eigenvalue weighted by Crippen LogP contribution is -2.47. The van der Waals surface area contributed by atoms with Crippen LogP contribution in [0.2, 0.25) is 0 Å². The van der Waals surface area contributed by atoms with Crippen molar-refractivity contribution in [3.8, 4) is 0 Å². The third kappa shape index (κ3) is 3.93. The second kappa shape index (κ2) is 7.75. The molecule has 0 unspecified atom stereocenters. The van der Waals surface area contributed by atoms with Crippen molar-refractivity contribution in [3.05, 3.63) is 60.0 Å². The van der Waals surface area contributed by atoms with E-state index in [1.54, 1.807) is 17.0 Å². The first-order valence-electron chi connectivity index (χ1n) is 9.02. The summed E-state index contributed by atoms with van der Waals surface area (Å²) >= 11 is 0. The lowest BCUT2D eigenvalue weighted by atomic mass is 10.1. The minimum absolute atomic E-state index is 0.0617. The van der Waals surface area contributed by atoms with E-state index in [4.69, 9.17) is 9.26 Å². The monoisotopic (exact) mass is 367 g/mol. The molecule has 27 heavy (non-hydrogen) atoms. The van der Waals surface area contributed by atoms with Crippen molar-refractivity contribution in [2.75, 3.05) is 32.8 Å². The molecular weight excluding hydrogens is 346 g/mol. The molecule has 2 saturated heterocycles. The highest BCUT2D eigenvalue weighted by atomic mass is 16.5. The summed E-state index contributed by atoms with van der Waals surface area (Å²) in [6.45, 7) is 2.47. The van der Waals surface area contributed by atoms with Gasteiger partial charge in [0.15, 0.2) is 0 Å². The largest absolute Gasteiger partial charge is 0.379 e. The Morgan fingerprint density at radius 1 is 1.07 bits per heavy atom. The van der Waals surface area contributed by atoms with Gasteiger partial charge in [0.1, 0.15) is 0 Å². The average Bonchev–Trinajstić information content (AvgIpc) is 3.06. The minimum Gasteiger partial charge on any atom is -0.379 e. The van der Waals surface area contributed by atoms with Crippen LogP contribution in [0.25, 0.3) is 6.08 Å². The van der Waals surface area contributed by atoms with Gasteiger partial charge in [0.25, 0.3) is 5.91 Å². The zero-order valence-electron chi connectivity index (χ0n) is 14.9. The molecule has 2 aliphatic heterocycles. The Kier molecular flexibility index (Phi) is 5.02. The number of nitrogens with zero attached hydrogens (tertiary/aromatic N) is 3. The number of fused-ring (bicyclic) bond motifs is 3. The Balaban J connectivity index is 1.50. The molecule has 4 rings (SSSR count). The molecule has 3 heterocycles. The average molecular weight is 367 g/mol. The van der Waals surface area contributed by atoms with Crippen molar-refractivity contribution in [2.45, 2.75) is 6.04 Å². The fourth-order valence-corrected chi connectivity index (χ4v) is 3.59. The van der Waals surface area contributed by atoms with E-state index in [1.807, 2.05) is 41.3 Å². The first-order chi connectivity index (χ1) is 13.2. The predicted octanol–water partition coefficient (Wildman–Crippen LogP) is 1.69. The van der Waals surface area contributed by atoms with Gasteiger partial charge >= 0.3 is 0 Å². The fraction of sp³-hybridized carbons (Fsp3) is 0.350. The number of ether oxygens (including phenoxy) is 1. The van der Waals surface area contributed by atoms with E-state index in [-0.39, 0.29) is 29.5 Å². The van der Waals surface area contributed by atoms with Gasteiger partial charge in [-0.15, -0.1) is 0 Å². The third-order valence-corrected chi connectivity index (χ3v) is 4.91. The number of carbonyl (C=O) groups excluding carboxylic acids is 2. The molecule has 7 heteroatoms. The molecule has 2 fully saturated rings. The zero-order valence-corrected chi connectivity index (χ0v) is 14.9. The molecule has 0 saturated carbocycles. The lowest BCUT2D eigenvalue weighted by molar-refractivity contribution is -0.128. The van der Waals surface area contributed by atoms with Gasteiger partial charge in [-0.05, 0) is 11.6 Å². The van der Waals surface area contributed by atoms with E-state index in [1.165, 1.54) is 6.20 Å². The molecule has 2 aliphatic rings. The van der Waals surface area contributed by atoms with Crippen LogP contribution in [-0.4, -0.2) is 65.7 Å². The van der Waals surface area contributed by atoms with Crippen LogP contribution in [0.3, 0.4) is 0 Å². The Morgan fingerprint density at radius 3 is 2.70 bits per heavy atom. The maximum atomic E-state index is 12.8. The van der Waals surface area contributed by atoms with Crippen LogP contribution in [0, 0.1) is 5.92 Å². The highest BCUT2D eigenvalue weighted by Crippen LogP contribution is 2.22. The molecule has 2 bridgehead atoms. The highest BCUT2D eigenvalue weighted by molar-refractivity contribution is 5.93. The molecule has 140 valence electrons. The number of rotatable bonds is 3. The van der Waals surface area contributed by atoms with Gasteiger partial charge in [-0.1, -0.05) is 35.5 Å². The quantitative estimate of drug-likeness (QED) is 0.772. The van der Waals surface area contributed by atoms with E-state index in [9.17, 15) is 9.59 Å². The normalized spacial score (nSPS) is 22.7. The summed E-state index contributed by atoms with van der Waals surface area (Å²) in [6, 6.07) is 11.1. The van der Waals surface area contributed by atoms with Crippen molar-refractivity contribution >= 4 is 17.9 Å². The second-order valence-electron chi connectivity index (χ2n) is 6.88. The van der Waals surface area contributed by atoms with E-state index < -0.39 is 0 Å². The first kappa shape index (κ1) is 17.5. The maximum Gasteiger partial charge on any atom is 0.292 e. The first-order valence-corrected chi connectivity index (χ1v) is 9.02. The number of hydrogen-bond donors (Lipinski definition) is 0. The van der Waals surface area contributed by atoms with Crippen LogP contribution in [-0.2, 0) is 9.53 Å². The van der Waals surface area contributed by atoms with Crippen molar-refractivity contribution < 1.29 is 18.8 Å². The molecule has 2 amide bonds. The summed E-state index contributed by atoms with van der Waals surface area (Å²) in [6.07, 6.45) is 4.87. The van der Waals surface area contributed by atoms with E-state index in [0.29, 0.717) is 32.8 Å². The molecule has 7 nitrogen and oxygen atoms in total. The summed E-state index contributed by atoms with van der Waals surface area (Å²) in [5, 5.41) is 3.61. The SMILES string of the molecule is O=C(c1ccno1)N1C[C@@H]2COC[C@H](C1)N(C(=O)C=Cc1ccccc1)C2. The maximum absolute atomic E-state index is 12.8. The van der Waals surface area contributed by atoms with Gasteiger partial charge in [-0.3, -0.25) is 9.59 Å². The molecule has 0 spiro atoms. The summed E-state index contributed by atoms with van der Waals surface area (Å²) < 4.78 is 10.7. The van der Waals surface area contributed by atoms with Crippen molar-refractivity contribution in [1.29, 1.82) is 0 Å². The molecular formula is C20H21N3O4. The summed E-state index contributed by atoms with van der Waals surface area (Å²) in [5.74, 6) is 0.0306. The summed E-state index contributed by atoms with van der Waals surface area (Å²) in [4.78, 5) is 29.1. The van der Waals surface area contributed by atoms with Gasteiger partial charge in [0, 0.05) is 37.7 Å². The number of amides is 2. The number of carbonyl (C=O) groups is 2. The Bertz CT molecular complexity index is 819. The molecule has 0 N–H and O–H groups in total. The van der Waals surface area contributed by atoms with Gasteiger partial charge in [-0.25, -0.2) is 0 Å². The van der Waals surface area contributed by atoms with Crippen LogP contribution < -0.4 is 0 Å². The van der Waals surface area contributed by atoms with Crippen LogP contribution in [0.5, 0.6) is 0 Å². The Hall–Kier alpha value is -2.93. The van der Waals surface area contributed by atoms with Crippen LogP contribution in [0.1, 0.15) is 16.1 Å². The van der Waals surface area contributed by atoms with E-state index in [2.05, 4.69) is 5.16 Å². The summed E-state index contributed by atoms with van der Waals surface area (Å²) in [5.41, 5.74) is 0.974. The standard InChI is InChI=1S/C20H21N3O4/c24-19(7-6-15-4-2-1-3-5-15)23-11-16-10-22(12-17(23)14-26-13-16)20(25)18-8-9-21-27-18/h1-9,16-17H,10-14H2/t16-,17-/m0/s1. The fourth-order valence-electron chi connectivity index (χ4n) is 3.59. The molecule has 0 aliphatic carbocycles. The lowest BCUT2D eigenvalue weighted by Gasteiger charge is -2.30. The van der Waals surface area contributed by atoms with Gasteiger partial charge in [-0.2, -0.15) is 0 Å². The van der Waals surface area contributed by atoms with E-state index in [0.717, 1.165) is 5.56 Å². The molecule has 1 aromatic heterocycles. The van der Waals surface area contributed by atoms with Gasteiger partial charge in [0.05, 0.1) is 25.5 Å². The van der Waals surface area contributed by atoms with Crippen molar-refractivity contribution in [2.24, 2.45) is 5.92 Å². The zero-order chi connectivity index (χ0) is 18.6.